The van der Waals surface area contributed by atoms with Crippen molar-refractivity contribution >= 4 is 11.9 Å². The normalized spacial score (nSPS) is 24.4. The summed E-state index contributed by atoms with van der Waals surface area (Å²) in [6.45, 7) is -0.840. The molecule has 0 radical (unpaired) electrons. The molecule has 14 heteroatoms. The second kappa shape index (κ2) is 9.48. The first kappa shape index (κ1) is 24.7. The number of hydrogen-bond donors (Lipinski definition) is 9. The van der Waals surface area contributed by atoms with E-state index >= 15 is 0 Å². The summed E-state index contributed by atoms with van der Waals surface area (Å²) in [4.78, 5) is 25.0. The number of hydrogen-bond acceptors (Lipinski definition) is 14. The smallest absolute Gasteiger partial charge is 0.339 e. The third-order valence-corrected chi connectivity index (χ3v) is 4.91. The Balaban J connectivity index is 1.89. The predicted molar refractivity (Wildman–Crippen MR) is 105 cm³/mol. The molecule has 34 heavy (non-hydrogen) atoms. The van der Waals surface area contributed by atoms with E-state index in [1.165, 1.54) is 0 Å². The Labute approximate surface area is 189 Å². The Morgan fingerprint density at radius 3 is 1.50 bits per heavy atom. The summed E-state index contributed by atoms with van der Waals surface area (Å²) in [7, 11) is 0. The lowest BCUT2D eigenvalue weighted by atomic mass is 9.98. The van der Waals surface area contributed by atoms with Gasteiger partial charge in [-0.25, -0.2) is 9.59 Å². The molecule has 14 nitrogen and oxygen atoms in total. The minimum Gasteiger partial charge on any atom is -0.504 e. The van der Waals surface area contributed by atoms with Crippen LogP contribution in [0.5, 0.6) is 34.5 Å². The van der Waals surface area contributed by atoms with Crippen LogP contribution >= 0.6 is 0 Å². The van der Waals surface area contributed by atoms with E-state index in [0.717, 1.165) is 24.3 Å². The van der Waals surface area contributed by atoms with Crippen molar-refractivity contribution in [3.8, 4) is 34.5 Å². The topological polar surface area (TPSA) is 244 Å². The van der Waals surface area contributed by atoms with Crippen molar-refractivity contribution in [1.82, 2.24) is 0 Å². The van der Waals surface area contributed by atoms with Gasteiger partial charge in [0.25, 0.3) is 0 Å². The van der Waals surface area contributed by atoms with Gasteiger partial charge in [-0.3, -0.25) is 0 Å². The quantitative estimate of drug-likeness (QED) is 0.178. The summed E-state index contributed by atoms with van der Waals surface area (Å²) < 4.78 is 15.1. The standard InChI is InChI=1S/C20H20O14/c21-5-12-15(28)16(33-18(29)6-1-8(22)13(26)9(23)2-6)17(20(31)32-12)34-19(30)7-3-10(24)14(27)11(25)4-7/h1-4,12,15-17,20-28,31H,5H2/t12-,15+,16+,17+,20+/m0/s1. The Hall–Kier alpha value is -3.98. The highest BCUT2D eigenvalue weighted by atomic mass is 16.7. The van der Waals surface area contributed by atoms with Crippen molar-refractivity contribution in [2.24, 2.45) is 0 Å². The Morgan fingerprint density at radius 1 is 0.735 bits per heavy atom. The molecule has 0 amide bonds. The van der Waals surface area contributed by atoms with Gasteiger partial charge in [-0.2, -0.15) is 0 Å². The van der Waals surface area contributed by atoms with E-state index in [-0.39, 0.29) is 0 Å². The molecule has 0 aliphatic carbocycles. The van der Waals surface area contributed by atoms with E-state index < -0.39 is 94.9 Å². The molecule has 0 spiro atoms. The zero-order valence-corrected chi connectivity index (χ0v) is 17.0. The van der Waals surface area contributed by atoms with Crippen molar-refractivity contribution in [2.45, 2.75) is 30.7 Å². The molecule has 0 aromatic heterocycles. The van der Waals surface area contributed by atoms with Gasteiger partial charge in [0.05, 0.1) is 17.7 Å². The van der Waals surface area contributed by atoms with Crippen LogP contribution in [0.15, 0.2) is 24.3 Å². The SMILES string of the molecule is O=C(O[C@@H]1[C@H](O)[C@H](CO)O[C@@H](O)[C@@H]1OC(=O)c1cc(O)c(O)c(O)c1)c1cc(O)c(O)c(O)c1. The highest BCUT2D eigenvalue weighted by Gasteiger charge is 2.49. The maximum Gasteiger partial charge on any atom is 0.339 e. The lowest BCUT2D eigenvalue weighted by molar-refractivity contribution is -0.285. The number of aliphatic hydroxyl groups is 3. The highest BCUT2D eigenvalue weighted by molar-refractivity contribution is 5.92. The monoisotopic (exact) mass is 484 g/mol. The number of esters is 2. The Bertz CT molecular complexity index is 1050. The first-order chi connectivity index (χ1) is 15.9. The van der Waals surface area contributed by atoms with Gasteiger partial charge < -0.3 is 60.2 Å². The summed E-state index contributed by atoms with van der Waals surface area (Å²) in [6, 6.07) is 2.91. The van der Waals surface area contributed by atoms with Gasteiger partial charge in [0.2, 0.25) is 0 Å². The minimum atomic E-state index is -2.04. The first-order valence-electron chi connectivity index (χ1n) is 9.48. The van der Waals surface area contributed by atoms with Crippen molar-refractivity contribution < 1.29 is 69.8 Å². The van der Waals surface area contributed by atoms with Gasteiger partial charge in [-0.1, -0.05) is 0 Å². The number of aromatic hydroxyl groups is 6. The van der Waals surface area contributed by atoms with E-state index in [2.05, 4.69) is 0 Å². The number of rotatable bonds is 5. The number of carbonyl (C=O) groups is 2. The van der Waals surface area contributed by atoms with E-state index in [0.29, 0.717) is 0 Å². The molecule has 0 bridgehead atoms. The molecule has 1 fully saturated rings. The minimum absolute atomic E-state index is 0.500. The number of phenolic OH excluding ortho intramolecular Hbond substituents is 6. The van der Waals surface area contributed by atoms with Gasteiger partial charge >= 0.3 is 11.9 Å². The number of ether oxygens (including phenoxy) is 3. The number of phenols is 6. The molecule has 5 atom stereocenters. The van der Waals surface area contributed by atoms with Crippen molar-refractivity contribution in [1.29, 1.82) is 0 Å². The molecule has 1 aliphatic heterocycles. The molecule has 1 saturated heterocycles. The average Bonchev–Trinajstić information content (AvgIpc) is 2.79. The molecular weight excluding hydrogens is 464 g/mol. The fraction of sp³-hybridized carbons (Fsp3) is 0.300. The van der Waals surface area contributed by atoms with E-state index in [4.69, 9.17) is 14.2 Å². The molecule has 1 heterocycles. The van der Waals surface area contributed by atoms with E-state index in [1.54, 1.807) is 0 Å². The third-order valence-electron chi connectivity index (χ3n) is 4.91. The van der Waals surface area contributed by atoms with Gasteiger partial charge in [-0.05, 0) is 24.3 Å². The van der Waals surface area contributed by atoms with Gasteiger partial charge in [0, 0.05) is 0 Å². The third kappa shape index (κ3) is 4.69. The molecule has 184 valence electrons. The lowest BCUT2D eigenvalue weighted by Crippen LogP contribution is -2.61. The van der Waals surface area contributed by atoms with E-state index in [9.17, 15) is 55.5 Å². The summed E-state index contributed by atoms with van der Waals surface area (Å²) in [5, 5.41) is 87.2. The van der Waals surface area contributed by atoms with Crippen LogP contribution in [0.25, 0.3) is 0 Å². The lowest BCUT2D eigenvalue weighted by Gasteiger charge is -2.41. The number of carbonyl (C=O) groups excluding carboxylic acids is 2. The summed E-state index contributed by atoms with van der Waals surface area (Å²) in [5.41, 5.74) is -1.00. The van der Waals surface area contributed by atoms with Crippen LogP contribution in [-0.4, -0.2) is 95.2 Å². The van der Waals surface area contributed by atoms with Crippen LogP contribution in [0.1, 0.15) is 20.7 Å². The van der Waals surface area contributed by atoms with Gasteiger partial charge in [0.1, 0.15) is 12.2 Å². The van der Waals surface area contributed by atoms with Gasteiger partial charge in [-0.15, -0.1) is 0 Å². The van der Waals surface area contributed by atoms with Gasteiger partial charge in [0.15, 0.2) is 53.0 Å². The highest BCUT2D eigenvalue weighted by Crippen LogP contribution is 2.37. The first-order valence-corrected chi connectivity index (χ1v) is 9.48. The summed E-state index contributed by atoms with van der Waals surface area (Å²) >= 11 is 0. The van der Waals surface area contributed by atoms with Crippen molar-refractivity contribution in [2.75, 3.05) is 6.61 Å². The molecule has 9 N–H and O–H groups in total. The largest absolute Gasteiger partial charge is 0.504 e. The fourth-order valence-electron chi connectivity index (χ4n) is 3.15. The summed E-state index contributed by atoms with van der Waals surface area (Å²) in [5.74, 6) is -7.93. The zero-order chi connectivity index (χ0) is 25.3. The fourth-order valence-corrected chi connectivity index (χ4v) is 3.15. The summed E-state index contributed by atoms with van der Waals surface area (Å²) in [6.07, 6.45) is -9.15. The molecule has 0 unspecified atom stereocenters. The molecule has 2 aromatic rings. The Morgan fingerprint density at radius 2 is 1.12 bits per heavy atom. The van der Waals surface area contributed by atoms with Crippen LogP contribution in [-0.2, 0) is 14.2 Å². The van der Waals surface area contributed by atoms with Crippen LogP contribution < -0.4 is 0 Å². The van der Waals surface area contributed by atoms with Crippen molar-refractivity contribution in [3.05, 3.63) is 35.4 Å². The maximum absolute atomic E-state index is 12.5. The second-order valence-electron chi connectivity index (χ2n) is 7.20. The van der Waals surface area contributed by atoms with Crippen LogP contribution in [0, 0.1) is 0 Å². The maximum atomic E-state index is 12.5. The molecule has 1 aliphatic rings. The molecular formula is C20H20O14. The number of benzene rings is 2. The molecule has 2 aromatic carbocycles. The van der Waals surface area contributed by atoms with Crippen molar-refractivity contribution in [3.63, 3.8) is 0 Å². The zero-order valence-electron chi connectivity index (χ0n) is 17.0. The Kier molecular flexibility index (Phi) is 6.88. The predicted octanol–water partition coefficient (Wildman–Crippen LogP) is -1.26. The average molecular weight is 484 g/mol. The molecule has 3 rings (SSSR count). The van der Waals surface area contributed by atoms with Crippen LogP contribution in [0.4, 0.5) is 0 Å². The van der Waals surface area contributed by atoms with Crippen LogP contribution in [0.2, 0.25) is 0 Å². The van der Waals surface area contributed by atoms with E-state index in [1.807, 2.05) is 0 Å². The van der Waals surface area contributed by atoms with Crippen LogP contribution in [0.3, 0.4) is 0 Å². The second-order valence-corrected chi connectivity index (χ2v) is 7.20. The number of aliphatic hydroxyl groups excluding tert-OH is 3. The molecule has 0 saturated carbocycles.